The van der Waals surface area contributed by atoms with Crippen LogP contribution in [0.4, 0.5) is 11.4 Å². The Balaban J connectivity index is 2.43. The van der Waals surface area contributed by atoms with Crippen molar-refractivity contribution in [3.05, 3.63) is 23.2 Å². The predicted molar refractivity (Wildman–Crippen MR) is 81.4 cm³/mol. The van der Waals surface area contributed by atoms with Gasteiger partial charge in [0.25, 0.3) is 0 Å². The maximum absolute atomic E-state index is 11.8. The monoisotopic (exact) mass is 283 g/mol. The molecule has 0 atom stereocenters. The highest BCUT2D eigenvalue weighted by atomic mass is 35.5. The van der Waals surface area contributed by atoms with Gasteiger partial charge in [-0.05, 0) is 31.2 Å². The molecule has 0 unspecified atom stereocenters. The molecule has 0 aromatic heterocycles. The van der Waals surface area contributed by atoms with Crippen molar-refractivity contribution in [2.45, 2.75) is 20.3 Å². The minimum atomic E-state index is -0.0374. The van der Waals surface area contributed by atoms with Crippen LogP contribution < -0.4 is 11.1 Å². The number of carbonyl (C=O) groups is 1. The summed E-state index contributed by atoms with van der Waals surface area (Å²) in [5, 5.41) is 3.36. The Labute approximate surface area is 119 Å². The van der Waals surface area contributed by atoms with Gasteiger partial charge in [0, 0.05) is 24.5 Å². The number of nitrogens with one attached hydrogen (secondary N) is 1. The standard InChI is InChI=1S/C14H22ClN3O/c1-10(2)9-18(3)7-6-14(19)17-13-5-4-11(15)8-12(13)16/h4-5,8,10H,6-7,9,16H2,1-3H3,(H,17,19). The predicted octanol–water partition coefficient (Wildman–Crippen LogP) is 2.84. The van der Waals surface area contributed by atoms with Crippen LogP contribution in [0.2, 0.25) is 5.02 Å². The Morgan fingerprint density at radius 2 is 2.16 bits per heavy atom. The highest BCUT2D eigenvalue weighted by Gasteiger charge is 2.08. The van der Waals surface area contributed by atoms with Crippen molar-refractivity contribution >= 4 is 28.9 Å². The fraction of sp³-hybridized carbons (Fsp3) is 0.500. The summed E-state index contributed by atoms with van der Waals surface area (Å²) in [6.45, 7) is 6.03. The molecule has 0 aliphatic rings. The van der Waals surface area contributed by atoms with Crippen LogP contribution in [0.25, 0.3) is 0 Å². The average molecular weight is 284 g/mol. The van der Waals surface area contributed by atoms with Crippen molar-refractivity contribution in [3.8, 4) is 0 Å². The van der Waals surface area contributed by atoms with Crippen LogP contribution in [0.5, 0.6) is 0 Å². The van der Waals surface area contributed by atoms with E-state index in [1.54, 1.807) is 18.2 Å². The third kappa shape index (κ3) is 5.94. The largest absolute Gasteiger partial charge is 0.397 e. The zero-order chi connectivity index (χ0) is 14.4. The van der Waals surface area contributed by atoms with Crippen molar-refractivity contribution < 1.29 is 4.79 Å². The number of carbonyl (C=O) groups excluding carboxylic acids is 1. The van der Waals surface area contributed by atoms with Crippen LogP contribution in [0.15, 0.2) is 18.2 Å². The molecule has 1 rings (SSSR count). The number of anilines is 2. The van der Waals surface area contributed by atoms with Crippen molar-refractivity contribution in [2.24, 2.45) is 5.92 Å². The third-order valence-corrected chi connectivity index (χ3v) is 2.92. The van der Waals surface area contributed by atoms with Gasteiger partial charge in [0.1, 0.15) is 0 Å². The van der Waals surface area contributed by atoms with Gasteiger partial charge in [-0.15, -0.1) is 0 Å². The smallest absolute Gasteiger partial charge is 0.225 e. The summed E-state index contributed by atoms with van der Waals surface area (Å²) in [6.07, 6.45) is 0.450. The normalized spacial score (nSPS) is 11.1. The molecule has 0 aliphatic carbocycles. The number of halogens is 1. The number of rotatable bonds is 6. The summed E-state index contributed by atoms with van der Waals surface area (Å²) in [5.74, 6) is 0.560. The first kappa shape index (κ1) is 15.8. The lowest BCUT2D eigenvalue weighted by Crippen LogP contribution is -2.27. The Morgan fingerprint density at radius 3 is 2.74 bits per heavy atom. The molecule has 1 aromatic carbocycles. The molecule has 1 amide bonds. The van der Waals surface area contributed by atoms with Crippen LogP contribution in [0, 0.1) is 5.92 Å². The molecule has 0 fully saturated rings. The number of benzene rings is 1. The number of hydrogen-bond acceptors (Lipinski definition) is 3. The van der Waals surface area contributed by atoms with Crippen LogP contribution in [0.3, 0.4) is 0 Å². The first-order valence-corrected chi connectivity index (χ1v) is 6.79. The molecular weight excluding hydrogens is 262 g/mol. The number of nitrogen functional groups attached to an aromatic ring is 1. The molecule has 3 N–H and O–H groups in total. The van der Waals surface area contributed by atoms with E-state index < -0.39 is 0 Å². The van der Waals surface area contributed by atoms with Gasteiger partial charge in [-0.25, -0.2) is 0 Å². The topological polar surface area (TPSA) is 58.4 Å². The summed E-state index contributed by atoms with van der Waals surface area (Å²) >= 11 is 5.81. The summed E-state index contributed by atoms with van der Waals surface area (Å²) in [7, 11) is 2.02. The second-order valence-electron chi connectivity index (χ2n) is 5.19. The van der Waals surface area contributed by atoms with Gasteiger partial charge in [-0.3, -0.25) is 4.79 Å². The fourth-order valence-electron chi connectivity index (χ4n) is 1.87. The van der Waals surface area contributed by atoms with E-state index >= 15 is 0 Å². The number of nitrogens with zero attached hydrogens (tertiary/aromatic N) is 1. The summed E-state index contributed by atoms with van der Waals surface area (Å²) in [4.78, 5) is 14.0. The first-order chi connectivity index (χ1) is 8.88. The van der Waals surface area contributed by atoms with E-state index in [2.05, 4.69) is 24.1 Å². The molecular formula is C14H22ClN3O. The Morgan fingerprint density at radius 1 is 1.47 bits per heavy atom. The molecule has 4 nitrogen and oxygen atoms in total. The highest BCUT2D eigenvalue weighted by Crippen LogP contribution is 2.22. The van der Waals surface area contributed by atoms with E-state index in [0.29, 0.717) is 28.7 Å². The van der Waals surface area contributed by atoms with Crippen molar-refractivity contribution in [3.63, 3.8) is 0 Å². The number of amides is 1. The van der Waals surface area contributed by atoms with Gasteiger partial charge in [-0.2, -0.15) is 0 Å². The second-order valence-corrected chi connectivity index (χ2v) is 5.62. The van der Waals surface area contributed by atoms with Gasteiger partial charge in [-0.1, -0.05) is 25.4 Å². The number of nitrogens with two attached hydrogens (primary N) is 1. The second kappa shape index (κ2) is 7.36. The zero-order valence-electron chi connectivity index (χ0n) is 11.7. The van der Waals surface area contributed by atoms with Crippen LogP contribution in [-0.4, -0.2) is 30.9 Å². The Kier molecular flexibility index (Phi) is 6.12. The van der Waals surface area contributed by atoms with Gasteiger partial charge >= 0.3 is 0 Å². The van der Waals surface area contributed by atoms with Gasteiger partial charge in [0.05, 0.1) is 11.4 Å². The van der Waals surface area contributed by atoms with E-state index in [4.69, 9.17) is 17.3 Å². The van der Waals surface area contributed by atoms with Gasteiger partial charge in [0.2, 0.25) is 5.91 Å². The van der Waals surface area contributed by atoms with E-state index in [1.165, 1.54) is 0 Å². The molecule has 0 saturated carbocycles. The molecule has 0 bridgehead atoms. The quantitative estimate of drug-likeness (QED) is 0.789. The molecule has 0 radical (unpaired) electrons. The van der Waals surface area contributed by atoms with E-state index in [-0.39, 0.29) is 5.91 Å². The SMILES string of the molecule is CC(C)CN(C)CCC(=O)Nc1ccc(Cl)cc1N. The summed E-state index contributed by atoms with van der Waals surface area (Å²) in [5.41, 5.74) is 6.88. The fourth-order valence-corrected chi connectivity index (χ4v) is 2.05. The third-order valence-electron chi connectivity index (χ3n) is 2.69. The first-order valence-electron chi connectivity index (χ1n) is 6.42. The van der Waals surface area contributed by atoms with E-state index in [1.807, 2.05) is 7.05 Å². The maximum atomic E-state index is 11.8. The molecule has 0 heterocycles. The molecule has 0 spiro atoms. The summed E-state index contributed by atoms with van der Waals surface area (Å²) < 4.78 is 0. The molecule has 1 aromatic rings. The van der Waals surface area contributed by atoms with Crippen LogP contribution in [0.1, 0.15) is 20.3 Å². The van der Waals surface area contributed by atoms with Crippen molar-refractivity contribution in [2.75, 3.05) is 31.2 Å². The molecule has 5 heteroatoms. The molecule has 106 valence electrons. The minimum Gasteiger partial charge on any atom is -0.397 e. The van der Waals surface area contributed by atoms with Crippen molar-refractivity contribution in [1.29, 1.82) is 0 Å². The lowest BCUT2D eigenvalue weighted by atomic mass is 10.2. The lowest BCUT2D eigenvalue weighted by Gasteiger charge is -2.18. The van der Waals surface area contributed by atoms with Crippen molar-refractivity contribution in [1.82, 2.24) is 4.90 Å². The van der Waals surface area contributed by atoms with E-state index in [0.717, 1.165) is 13.1 Å². The van der Waals surface area contributed by atoms with Gasteiger partial charge < -0.3 is 16.0 Å². The maximum Gasteiger partial charge on any atom is 0.225 e. The van der Waals surface area contributed by atoms with Crippen LogP contribution >= 0.6 is 11.6 Å². The van der Waals surface area contributed by atoms with Crippen LogP contribution in [-0.2, 0) is 4.79 Å². The van der Waals surface area contributed by atoms with E-state index in [9.17, 15) is 4.79 Å². The Bertz CT molecular complexity index is 435. The molecule has 0 saturated heterocycles. The molecule has 19 heavy (non-hydrogen) atoms. The Hall–Kier alpha value is -1.26. The zero-order valence-corrected chi connectivity index (χ0v) is 12.5. The number of hydrogen-bond donors (Lipinski definition) is 2. The minimum absolute atomic E-state index is 0.0374. The van der Waals surface area contributed by atoms with Gasteiger partial charge in [0.15, 0.2) is 0 Å². The summed E-state index contributed by atoms with van der Waals surface area (Å²) in [6, 6.07) is 5.05. The molecule has 0 aliphatic heterocycles. The lowest BCUT2D eigenvalue weighted by molar-refractivity contribution is -0.116. The average Bonchev–Trinajstić information content (AvgIpc) is 2.29. The highest BCUT2D eigenvalue weighted by molar-refractivity contribution is 6.31.